The number of carboxylic acid groups (broad SMARTS) is 1. The van der Waals surface area contributed by atoms with E-state index in [1.165, 1.54) is 31.3 Å². The summed E-state index contributed by atoms with van der Waals surface area (Å²) >= 11 is 11.6. The molecule has 61 heavy (non-hydrogen) atoms. The summed E-state index contributed by atoms with van der Waals surface area (Å²) in [4.78, 5) is 72.5. The SMILES string of the molecule is CCOC(=O)COC(=O)c1cc(Oc2ccc(C(F)(F)F)cc2Cl)ccc1[N+](=O)[O-].CS(=O)(=O)c1cc(Cl)ccc1C(=O)c1cnoc1C1CC1.O=C(O)CNCP(=O)(O)O. The van der Waals surface area contributed by atoms with E-state index in [1.54, 1.807) is 0 Å². The Morgan fingerprint density at radius 1 is 1.02 bits per heavy atom. The second kappa shape index (κ2) is 21.4. The predicted molar refractivity (Wildman–Crippen MR) is 206 cm³/mol. The smallest absolute Gasteiger partial charge is 0.416 e. The summed E-state index contributed by atoms with van der Waals surface area (Å²) in [6.45, 7) is 0.385. The topological polar surface area (TPSA) is 289 Å². The highest BCUT2D eigenvalue weighted by Gasteiger charge is 2.34. The summed E-state index contributed by atoms with van der Waals surface area (Å²) in [5.74, 6) is -3.16. The van der Waals surface area contributed by atoms with Gasteiger partial charge in [-0.3, -0.25) is 29.6 Å². The summed E-state index contributed by atoms with van der Waals surface area (Å²) < 4.78 is 91.7. The second-order valence-electron chi connectivity index (χ2n) is 12.3. The lowest BCUT2D eigenvalue weighted by atomic mass is 10.0. The number of aromatic nitrogens is 1. The van der Waals surface area contributed by atoms with Crippen LogP contribution in [0.15, 0.2) is 70.2 Å². The molecule has 0 amide bonds. The molecule has 1 saturated carbocycles. The van der Waals surface area contributed by atoms with E-state index in [1.807, 2.05) is 0 Å². The maximum absolute atomic E-state index is 12.7. The number of nitrogens with one attached hydrogen (secondary N) is 1. The van der Waals surface area contributed by atoms with Gasteiger partial charge in [-0.15, -0.1) is 0 Å². The van der Waals surface area contributed by atoms with Crippen molar-refractivity contribution >= 4 is 70.0 Å². The number of carbonyl (C=O) groups is 4. The maximum Gasteiger partial charge on any atom is 0.416 e. The summed E-state index contributed by atoms with van der Waals surface area (Å²) in [6, 6.07) is 9.55. The molecule has 0 unspecified atom stereocenters. The number of aliphatic carboxylic acids is 1. The summed E-state index contributed by atoms with van der Waals surface area (Å²) in [5, 5.41) is 24.8. The molecule has 0 radical (unpaired) electrons. The fourth-order valence-corrected chi connectivity index (χ4v) is 6.46. The van der Waals surface area contributed by atoms with Crippen LogP contribution in [0.5, 0.6) is 11.5 Å². The lowest BCUT2D eigenvalue weighted by Gasteiger charge is -2.12. The zero-order valence-electron chi connectivity index (χ0n) is 31.4. The Morgan fingerprint density at radius 2 is 1.69 bits per heavy atom. The third-order valence-corrected chi connectivity index (χ3v) is 9.77. The molecule has 1 aliphatic carbocycles. The van der Waals surface area contributed by atoms with Crippen molar-refractivity contribution in [1.29, 1.82) is 0 Å². The van der Waals surface area contributed by atoms with Gasteiger partial charge in [0.1, 0.15) is 17.1 Å². The van der Waals surface area contributed by atoms with E-state index in [-0.39, 0.29) is 44.5 Å². The number of carboxylic acids is 1. The number of ether oxygens (including phenoxy) is 3. The molecule has 1 aliphatic rings. The van der Waals surface area contributed by atoms with E-state index in [2.05, 4.69) is 15.2 Å². The second-order valence-corrected chi connectivity index (χ2v) is 16.8. The molecule has 19 nitrogen and oxygen atoms in total. The molecule has 0 aliphatic heterocycles. The molecule has 1 aromatic heterocycles. The average molecular weight is 943 g/mol. The number of hydrogen-bond acceptors (Lipinski definition) is 15. The van der Waals surface area contributed by atoms with Gasteiger partial charge in [0.25, 0.3) is 5.69 Å². The van der Waals surface area contributed by atoms with Crippen LogP contribution in [0.1, 0.15) is 63.3 Å². The summed E-state index contributed by atoms with van der Waals surface area (Å²) in [7, 11) is -7.66. The number of halogens is 5. The van der Waals surface area contributed by atoms with Crippen molar-refractivity contribution in [3.63, 3.8) is 0 Å². The van der Waals surface area contributed by atoms with Crippen LogP contribution < -0.4 is 10.1 Å². The number of hydrogen-bond donors (Lipinski definition) is 4. The van der Waals surface area contributed by atoms with Crippen molar-refractivity contribution in [2.45, 2.75) is 36.8 Å². The standard InChI is InChI=1S/C18H13ClF3NO7.C14H12ClNO4S.C3H8NO5P/c1-2-28-16(24)9-29-17(25)12-8-11(4-5-14(12)23(26)27)30-15-6-3-10(7-13(15)19)18(20,21)22;1-21(18,19)12-6-9(15)4-5-10(12)13(17)11-7-16-20-14(11)8-2-3-8;5-3(6)1-4-2-10(7,8)9/h3-8H,2,9H2,1H3;4-8H,2-3H2,1H3;4H,1-2H2,(H,5,6)(H2,7,8,9). The van der Waals surface area contributed by atoms with Crippen LogP contribution in [0.4, 0.5) is 18.9 Å². The Hall–Kier alpha value is -5.42. The molecular formula is C35H33Cl2F3N3O16PS. The minimum Gasteiger partial charge on any atom is -0.480 e. The molecule has 1 heterocycles. The first-order chi connectivity index (χ1) is 28.3. The van der Waals surface area contributed by atoms with Gasteiger partial charge in [0, 0.05) is 34.9 Å². The molecule has 4 N–H and O–H groups in total. The maximum atomic E-state index is 12.7. The normalized spacial score (nSPS) is 12.5. The van der Waals surface area contributed by atoms with E-state index < -0.39 is 88.5 Å². The Morgan fingerprint density at radius 3 is 2.23 bits per heavy atom. The monoisotopic (exact) mass is 941 g/mol. The minimum atomic E-state index is -4.61. The zero-order chi connectivity index (χ0) is 45.9. The minimum absolute atomic E-state index is 0.0493. The predicted octanol–water partition coefficient (Wildman–Crippen LogP) is 6.41. The summed E-state index contributed by atoms with van der Waals surface area (Å²) in [5.41, 5.74) is -1.75. The van der Waals surface area contributed by atoms with E-state index in [0.29, 0.717) is 17.4 Å². The first kappa shape index (κ1) is 49.9. The van der Waals surface area contributed by atoms with Gasteiger partial charge in [-0.05, 0) is 62.2 Å². The van der Waals surface area contributed by atoms with Crippen LogP contribution >= 0.6 is 30.8 Å². The highest BCUT2D eigenvalue weighted by atomic mass is 35.5. The molecular weight excluding hydrogens is 909 g/mol. The molecule has 0 bridgehead atoms. The molecule has 0 atom stereocenters. The van der Waals surface area contributed by atoms with Crippen LogP contribution in [-0.4, -0.2) is 89.4 Å². The fourth-order valence-electron chi connectivity index (χ4n) is 4.70. The van der Waals surface area contributed by atoms with Gasteiger partial charge < -0.3 is 33.6 Å². The van der Waals surface area contributed by atoms with Crippen molar-refractivity contribution in [3.8, 4) is 11.5 Å². The van der Waals surface area contributed by atoms with E-state index in [9.17, 15) is 55.4 Å². The highest BCUT2D eigenvalue weighted by molar-refractivity contribution is 7.90. The van der Waals surface area contributed by atoms with Gasteiger partial charge >= 0.3 is 31.7 Å². The molecule has 3 aromatic carbocycles. The van der Waals surface area contributed by atoms with Crippen molar-refractivity contribution < 1.29 is 83.9 Å². The van der Waals surface area contributed by atoms with Gasteiger partial charge in [-0.25, -0.2) is 18.0 Å². The van der Waals surface area contributed by atoms with Gasteiger partial charge in [-0.2, -0.15) is 13.2 Å². The number of benzene rings is 3. The van der Waals surface area contributed by atoms with Crippen LogP contribution in [0.3, 0.4) is 0 Å². The number of nitrogens with zero attached hydrogens (tertiary/aromatic N) is 2. The third-order valence-electron chi connectivity index (χ3n) is 7.47. The molecule has 0 spiro atoms. The van der Waals surface area contributed by atoms with Crippen molar-refractivity contribution in [1.82, 2.24) is 10.5 Å². The van der Waals surface area contributed by atoms with Crippen molar-refractivity contribution in [3.05, 3.63) is 109 Å². The molecule has 26 heteroatoms. The Labute approximate surface area is 352 Å². The largest absolute Gasteiger partial charge is 0.480 e. The first-order valence-electron chi connectivity index (χ1n) is 16.9. The number of sulfone groups is 1. The quantitative estimate of drug-likeness (QED) is 0.0329. The molecule has 0 saturated heterocycles. The Kier molecular flexibility index (Phi) is 17.5. The van der Waals surface area contributed by atoms with Crippen molar-refractivity contribution in [2.24, 2.45) is 0 Å². The van der Waals surface area contributed by atoms with E-state index >= 15 is 0 Å². The van der Waals surface area contributed by atoms with E-state index in [4.69, 9.17) is 52.1 Å². The molecule has 1 fully saturated rings. The van der Waals surface area contributed by atoms with Crippen LogP contribution in [0, 0.1) is 10.1 Å². The van der Waals surface area contributed by atoms with E-state index in [0.717, 1.165) is 49.4 Å². The number of nitro benzene ring substituents is 1. The Bertz CT molecular complexity index is 2440. The number of ketones is 1. The molecule has 4 aromatic rings. The van der Waals surface area contributed by atoms with Crippen molar-refractivity contribution in [2.75, 3.05) is 32.3 Å². The lowest BCUT2D eigenvalue weighted by Crippen LogP contribution is -2.23. The molecule has 330 valence electrons. The molecule has 5 rings (SSSR count). The third kappa shape index (κ3) is 15.8. The average Bonchev–Trinajstić information content (AvgIpc) is 3.88. The van der Waals surface area contributed by atoms with Crippen LogP contribution in [0.2, 0.25) is 10.0 Å². The fraction of sp³-hybridized carbons (Fsp3) is 0.286. The lowest BCUT2D eigenvalue weighted by molar-refractivity contribution is -0.385. The first-order valence-corrected chi connectivity index (χ1v) is 21.4. The Balaban J connectivity index is 0.000000276. The number of rotatable bonds is 15. The zero-order valence-corrected chi connectivity index (χ0v) is 34.6. The number of esters is 2. The number of alkyl halides is 3. The van der Waals surface area contributed by atoms with Crippen LogP contribution in [-0.2, 0) is 39.6 Å². The number of carbonyl (C=O) groups excluding carboxylic acids is 3. The van der Waals surface area contributed by atoms with Gasteiger partial charge in [0.15, 0.2) is 28.0 Å². The number of nitro groups is 1. The van der Waals surface area contributed by atoms with Gasteiger partial charge in [0.2, 0.25) is 0 Å². The highest BCUT2D eigenvalue weighted by Crippen LogP contribution is 2.42. The summed E-state index contributed by atoms with van der Waals surface area (Å²) in [6.07, 6.45) is -0.907. The van der Waals surface area contributed by atoms with Crippen LogP contribution in [0.25, 0.3) is 0 Å². The van der Waals surface area contributed by atoms with Gasteiger partial charge in [0.05, 0.1) is 51.6 Å². The van der Waals surface area contributed by atoms with Gasteiger partial charge in [-0.1, -0.05) is 28.4 Å².